The molecular formula is C14H18N2O3. The number of fused-ring (bicyclic) bond motifs is 1. The summed E-state index contributed by atoms with van der Waals surface area (Å²) < 4.78 is 10.6. The molecule has 5 heteroatoms. The van der Waals surface area contributed by atoms with Gasteiger partial charge in [-0.3, -0.25) is 4.79 Å². The van der Waals surface area contributed by atoms with E-state index in [0.717, 1.165) is 11.8 Å². The van der Waals surface area contributed by atoms with Gasteiger partial charge < -0.3 is 20.2 Å². The molecule has 0 aliphatic carbocycles. The van der Waals surface area contributed by atoms with Crippen molar-refractivity contribution in [3.05, 3.63) is 34.1 Å². The molecule has 0 radical (unpaired) electrons. The second-order valence-corrected chi connectivity index (χ2v) is 4.27. The smallest absolute Gasteiger partial charge is 0.251 e. The van der Waals surface area contributed by atoms with Crippen molar-refractivity contribution < 1.29 is 9.47 Å². The molecule has 0 aliphatic rings. The number of hydrogen-bond acceptors (Lipinski definition) is 4. The fourth-order valence-corrected chi connectivity index (χ4v) is 2.11. The molecule has 19 heavy (non-hydrogen) atoms. The minimum Gasteiger partial charge on any atom is -0.496 e. The van der Waals surface area contributed by atoms with Crippen LogP contribution in [-0.2, 0) is 6.42 Å². The first-order valence-corrected chi connectivity index (χ1v) is 6.18. The maximum atomic E-state index is 12.0. The van der Waals surface area contributed by atoms with Crippen molar-refractivity contribution >= 4 is 10.9 Å². The number of pyridine rings is 1. The van der Waals surface area contributed by atoms with Crippen molar-refractivity contribution in [2.24, 2.45) is 5.73 Å². The van der Waals surface area contributed by atoms with Crippen molar-refractivity contribution in [1.29, 1.82) is 0 Å². The molecule has 0 unspecified atom stereocenters. The normalized spacial score (nSPS) is 10.7. The van der Waals surface area contributed by atoms with E-state index in [1.54, 1.807) is 20.3 Å². The first-order chi connectivity index (χ1) is 9.21. The highest BCUT2D eigenvalue weighted by molar-refractivity contribution is 5.90. The van der Waals surface area contributed by atoms with Gasteiger partial charge >= 0.3 is 0 Å². The van der Waals surface area contributed by atoms with Crippen molar-refractivity contribution in [3.8, 4) is 11.5 Å². The summed E-state index contributed by atoms with van der Waals surface area (Å²) in [6, 6.07) is 5.45. The van der Waals surface area contributed by atoms with Crippen LogP contribution >= 0.6 is 0 Å². The van der Waals surface area contributed by atoms with E-state index in [-0.39, 0.29) is 5.56 Å². The summed E-state index contributed by atoms with van der Waals surface area (Å²) in [6.07, 6.45) is 1.43. The average Bonchev–Trinajstić information content (AvgIpc) is 2.44. The van der Waals surface area contributed by atoms with Crippen molar-refractivity contribution in [1.82, 2.24) is 4.98 Å². The standard InChI is InChI=1S/C14H18N2O3/c1-18-11-5-6-12(19-2)13-10(11)8-9(4-3-7-15)14(17)16-13/h5-6,8H,3-4,7,15H2,1-2H3,(H,16,17). The topological polar surface area (TPSA) is 77.3 Å². The van der Waals surface area contributed by atoms with E-state index in [4.69, 9.17) is 15.2 Å². The number of aromatic nitrogens is 1. The van der Waals surface area contributed by atoms with Crippen molar-refractivity contribution in [2.75, 3.05) is 20.8 Å². The molecule has 2 aromatic rings. The van der Waals surface area contributed by atoms with Gasteiger partial charge in [-0.15, -0.1) is 0 Å². The highest BCUT2D eigenvalue weighted by Crippen LogP contribution is 2.31. The fraction of sp³-hybridized carbons (Fsp3) is 0.357. The van der Waals surface area contributed by atoms with Crippen LogP contribution in [0.3, 0.4) is 0 Å². The van der Waals surface area contributed by atoms with Crippen LogP contribution in [-0.4, -0.2) is 25.7 Å². The molecule has 0 aliphatic heterocycles. The number of rotatable bonds is 5. The van der Waals surface area contributed by atoms with E-state index in [9.17, 15) is 4.79 Å². The van der Waals surface area contributed by atoms with Gasteiger partial charge in [0.2, 0.25) is 0 Å². The monoisotopic (exact) mass is 262 g/mol. The zero-order chi connectivity index (χ0) is 13.8. The van der Waals surface area contributed by atoms with Gasteiger partial charge in [0.15, 0.2) is 0 Å². The first-order valence-electron chi connectivity index (χ1n) is 6.18. The van der Waals surface area contributed by atoms with Crippen molar-refractivity contribution in [3.63, 3.8) is 0 Å². The number of aromatic amines is 1. The molecule has 0 saturated heterocycles. The van der Waals surface area contributed by atoms with Crippen LogP contribution in [0.2, 0.25) is 0 Å². The van der Waals surface area contributed by atoms with Gasteiger partial charge in [-0.25, -0.2) is 0 Å². The molecule has 3 N–H and O–H groups in total. The molecule has 102 valence electrons. The molecule has 0 amide bonds. The predicted octanol–water partition coefficient (Wildman–Crippen LogP) is 1.44. The van der Waals surface area contributed by atoms with Gasteiger partial charge in [-0.2, -0.15) is 0 Å². The molecule has 1 heterocycles. The Morgan fingerprint density at radius 3 is 2.53 bits per heavy atom. The third kappa shape index (κ3) is 2.56. The number of ether oxygens (including phenoxy) is 2. The van der Waals surface area contributed by atoms with Crippen LogP contribution < -0.4 is 20.8 Å². The largest absolute Gasteiger partial charge is 0.496 e. The van der Waals surface area contributed by atoms with Crippen LogP contribution in [0, 0.1) is 0 Å². The van der Waals surface area contributed by atoms with Crippen LogP contribution in [0.5, 0.6) is 11.5 Å². The number of aryl methyl sites for hydroxylation is 1. The third-order valence-corrected chi connectivity index (χ3v) is 3.11. The molecule has 0 fully saturated rings. The molecular weight excluding hydrogens is 244 g/mol. The quantitative estimate of drug-likeness (QED) is 0.854. The van der Waals surface area contributed by atoms with Gasteiger partial charge in [0, 0.05) is 10.9 Å². The first kappa shape index (κ1) is 13.4. The van der Waals surface area contributed by atoms with Crippen LogP contribution in [0.4, 0.5) is 0 Å². The number of nitrogens with one attached hydrogen (secondary N) is 1. The number of hydrogen-bond donors (Lipinski definition) is 2. The van der Waals surface area contributed by atoms with E-state index >= 15 is 0 Å². The number of methoxy groups -OCH3 is 2. The Hall–Kier alpha value is -2.01. The van der Waals surface area contributed by atoms with Gasteiger partial charge in [0.05, 0.1) is 19.7 Å². The minimum absolute atomic E-state index is 0.104. The third-order valence-electron chi connectivity index (χ3n) is 3.11. The lowest BCUT2D eigenvalue weighted by atomic mass is 10.1. The highest BCUT2D eigenvalue weighted by Gasteiger charge is 2.11. The summed E-state index contributed by atoms with van der Waals surface area (Å²) in [5.74, 6) is 1.33. The second-order valence-electron chi connectivity index (χ2n) is 4.27. The molecule has 0 atom stereocenters. The molecule has 0 saturated carbocycles. The molecule has 1 aromatic carbocycles. The van der Waals surface area contributed by atoms with Gasteiger partial charge in [0.25, 0.3) is 5.56 Å². The van der Waals surface area contributed by atoms with Crippen LogP contribution in [0.1, 0.15) is 12.0 Å². The summed E-state index contributed by atoms with van der Waals surface area (Å²) in [4.78, 5) is 14.9. The van der Waals surface area contributed by atoms with Crippen molar-refractivity contribution in [2.45, 2.75) is 12.8 Å². The summed E-state index contributed by atoms with van der Waals surface area (Å²) in [7, 11) is 3.17. The predicted molar refractivity (Wildman–Crippen MR) is 75.0 cm³/mol. The maximum Gasteiger partial charge on any atom is 0.251 e. The van der Waals surface area contributed by atoms with E-state index in [0.29, 0.717) is 35.5 Å². The Kier molecular flexibility index (Phi) is 4.06. The van der Waals surface area contributed by atoms with E-state index in [2.05, 4.69) is 4.98 Å². The summed E-state index contributed by atoms with van der Waals surface area (Å²) >= 11 is 0. The highest BCUT2D eigenvalue weighted by atomic mass is 16.5. The Morgan fingerprint density at radius 2 is 1.89 bits per heavy atom. The minimum atomic E-state index is -0.104. The SMILES string of the molecule is COc1ccc(OC)c2[nH]c(=O)c(CCCN)cc12. The summed E-state index contributed by atoms with van der Waals surface area (Å²) in [5.41, 5.74) is 6.75. The lowest BCUT2D eigenvalue weighted by Gasteiger charge is -2.10. The maximum absolute atomic E-state index is 12.0. The molecule has 1 aromatic heterocycles. The van der Waals surface area contributed by atoms with Gasteiger partial charge in [-0.1, -0.05) is 0 Å². The lowest BCUT2D eigenvalue weighted by Crippen LogP contribution is -2.14. The van der Waals surface area contributed by atoms with Crippen LogP contribution in [0.15, 0.2) is 23.0 Å². The number of H-pyrrole nitrogens is 1. The summed E-state index contributed by atoms with van der Waals surface area (Å²) in [6.45, 7) is 0.562. The molecule has 0 spiro atoms. The number of benzene rings is 1. The summed E-state index contributed by atoms with van der Waals surface area (Å²) in [5, 5.41) is 0.841. The lowest BCUT2D eigenvalue weighted by molar-refractivity contribution is 0.409. The zero-order valence-corrected chi connectivity index (χ0v) is 11.2. The molecule has 2 rings (SSSR count). The molecule has 0 bridgehead atoms. The van der Waals surface area contributed by atoms with Gasteiger partial charge in [0.1, 0.15) is 11.5 Å². The van der Waals surface area contributed by atoms with E-state index < -0.39 is 0 Å². The Bertz CT molecular complexity index is 634. The van der Waals surface area contributed by atoms with Gasteiger partial charge in [-0.05, 0) is 37.6 Å². The van der Waals surface area contributed by atoms with E-state index in [1.807, 2.05) is 12.1 Å². The van der Waals surface area contributed by atoms with E-state index in [1.165, 1.54) is 0 Å². The van der Waals surface area contributed by atoms with Crippen LogP contribution in [0.25, 0.3) is 10.9 Å². The number of nitrogens with two attached hydrogens (primary N) is 1. The average molecular weight is 262 g/mol. The zero-order valence-electron chi connectivity index (χ0n) is 11.2. The Morgan fingerprint density at radius 1 is 1.21 bits per heavy atom. The Balaban J connectivity index is 2.65. The Labute approximate surface area is 111 Å². The molecule has 5 nitrogen and oxygen atoms in total. The fourth-order valence-electron chi connectivity index (χ4n) is 2.11. The second kappa shape index (κ2) is 5.75.